The second-order valence-electron chi connectivity index (χ2n) is 5.00. The van der Waals surface area contributed by atoms with Gasteiger partial charge in [0, 0.05) is 17.8 Å². The Hall–Kier alpha value is -1.69. The van der Waals surface area contributed by atoms with Gasteiger partial charge in [-0.3, -0.25) is 0 Å². The molecule has 1 fully saturated rings. The van der Waals surface area contributed by atoms with Crippen LogP contribution in [0.3, 0.4) is 0 Å². The van der Waals surface area contributed by atoms with E-state index in [4.69, 9.17) is 4.74 Å². The Balaban J connectivity index is 2.15. The van der Waals surface area contributed by atoms with E-state index in [2.05, 4.69) is 20.0 Å². The topological polar surface area (TPSA) is 73.3 Å². The number of carbonyl (C=O) groups excluding carboxylic acids is 1. The molecule has 1 heterocycles. The molecule has 0 spiro atoms. The highest BCUT2D eigenvalue weighted by molar-refractivity contribution is 5.85. The van der Waals surface area contributed by atoms with E-state index in [1.807, 2.05) is 7.05 Å². The van der Waals surface area contributed by atoms with Crippen molar-refractivity contribution in [2.45, 2.75) is 44.8 Å². The molecule has 6 heteroatoms. The molecular weight excluding hydrogens is 258 g/mol. The van der Waals surface area contributed by atoms with E-state index in [1.54, 1.807) is 13.0 Å². The van der Waals surface area contributed by atoms with Crippen LogP contribution in [0.5, 0.6) is 5.88 Å². The first kappa shape index (κ1) is 14.7. The number of likely N-dealkylation sites (N-methyl/N-ethyl adjacent to an activating group) is 1. The zero-order chi connectivity index (χ0) is 14.5. The van der Waals surface area contributed by atoms with Crippen molar-refractivity contribution in [2.75, 3.05) is 14.2 Å². The first-order valence-corrected chi connectivity index (χ1v) is 6.92. The summed E-state index contributed by atoms with van der Waals surface area (Å²) in [7, 11) is 3.25. The average molecular weight is 279 g/mol. The van der Waals surface area contributed by atoms with Crippen LogP contribution in [0.1, 0.15) is 42.0 Å². The number of aryl methyl sites for hydroxylation is 1. The Labute approximate surface area is 118 Å². The van der Waals surface area contributed by atoms with E-state index in [-0.39, 0.29) is 11.9 Å². The minimum absolute atomic E-state index is 0.0410. The van der Waals surface area contributed by atoms with E-state index in [9.17, 15) is 4.79 Å². The Morgan fingerprint density at radius 3 is 2.80 bits per heavy atom. The van der Waals surface area contributed by atoms with Gasteiger partial charge in [0.15, 0.2) is 0 Å². The molecule has 2 rings (SSSR count). The van der Waals surface area contributed by atoms with Crippen molar-refractivity contribution in [3.8, 4) is 5.88 Å². The van der Waals surface area contributed by atoms with Crippen LogP contribution in [0.15, 0.2) is 6.07 Å². The third-order valence-corrected chi connectivity index (χ3v) is 3.54. The highest BCUT2D eigenvalue weighted by Gasteiger charge is 2.26. The molecule has 1 saturated carbocycles. The fourth-order valence-electron chi connectivity index (χ4n) is 2.51. The molecule has 1 N–H and O–H groups in total. The van der Waals surface area contributed by atoms with Gasteiger partial charge in [-0.1, -0.05) is 6.42 Å². The molecule has 1 aliphatic carbocycles. The molecule has 110 valence electrons. The van der Waals surface area contributed by atoms with E-state index in [0.717, 1.165) is 19.3 Å². The normalized spacial score (nSPS) is 22.4. The maximum atomic E-state index is 11.5. The lowest BCUT2D eigenvalue weighted by molar-refractivity contribution is 0.0581. The van der Waals surface area contributed by atoms with Gasteiger partial charge in [-0.05, 0) is 33.2 Å². The molecule has 6 nitrogen and oxygen atoms in total. The number of ether oxygens (including phenoxy) is 2. The van der Waals surface area contributed by atoms with Crippen molar-refractivity contribution in [3.63, 3.8) is 0 Å². The number of nitrogens with zero attached hydrogens (tertiary/aromatic N) is 2. The second-order valence-corrected chi connectivity index (χ2v) is 5.00. The number of carbonyl (C=O) groups is 1. The predicted molar refractivity (Wildman–Crippen MR) is 73.8 cm³/mol. The number of hydrogen-bond acceptors (Lipinski definition) is 6. The molecule has 2 unspecified atom stereocenters. The fraction of sp³-hybridized carbons (Fsp3) is 0.643. The van der Waals surface area contributed by atoms with E-state index in [0.29, 0.717) is 17.6 Å². The highest BCUT2D eigenvalue weighted by atomic mass is 16.5. The van der Waals surface area contributed by atoms with Crippen LogP contribution in [0, 0.1) is 6.92 Å². The zero-order valence-corrected chi connectivity index (χ0v) is 12.2. The highest BCUT2D eigenvalue weighted by Crippen LogP contribution is 2.23. The van der Waals surface area contributed by atoms with Crippen molar-refractivity contribution in [3.05, 3.63) is 17.6 Å². The summed E-state index contributed by atoms with van der Waals surface area (Å²) in [4.78, 5) is 19.7. The van der Waals surface area contributed by atoms with E-state index >= 15 is 0 Å². The predicted octanol–water partition coefficient (Wildman–Crippen LogP) is 1.48. The molecule has 2 atom stereocenters. The number of esters is 1. The third kappa shape index (κ3) is 3.45. The van der Waals surface area contributed by atoms with Gasteiger partial charge in [-0.2, -0.15) is 4.98 Å². The van der Waals surface area contributed by atoms with Crippen LogP contribution >= 0.6 is 0 Å². The van der Waals surface area contributed by atoms with Crippen molar-refractivity contribution in [1.29, 1.82) is 0 Å². The Morgan fingerprint density at radius 1 is 1.35 bits per heavy atom. The van der Waals surface area contributed by atoms with Crippen LogP contribution in [-0.2, 0) is 4.74 Å². The van der Waals surface area contributed by atoms with Gasteiger partial charge in [0.1, 0.15) is 6.10 Å². The molecule has 20 heavy (non-hydrogen) atoms. The maximum absolute atomic E-state index is 11.5. The summed E-state index contributed by atoms with van der Waals surface area (Å²) in [5.74, 6) is -0.0725. The lowest BCUT2D eigenvalue weighted by Gasteiger charge is -2.31. The summed E-state index contributed by atoms with van der Waals surface area (Å²) in [6.45, 7) is 1.80. The third-order valence-electron chi connectivity index (χ3n) is 3.54. The maximum Gasteiger partial charge on any atom is 0.376 e. The molecule has 0 amide bonds. The Morgan fingerprint density at radius 2 is 2.10 bits per heavy atom. The van der Waals surface area contributed by atoms with Gasteiger partial charge < -0.3 is 14.8 Å². The summed E-state index contributed by atoms with van der Waals surface area (Å²) in [5.41, 5.74) is 0.687. The number of aromatic nitrogens is 2. The standard InChI is InChI=1S/C14H21N3O3/c1-9-8-12(17-13(16-9)14(18)19-3)20-11-7-5-4-6-10(11)15-2/h8,10-11,15H,4-7H2,1-3H3. The van der Waals surface area contributed by atoms with Crippen LogP contribution < -0.4 is 10.1 Å². The van der Waals surface area contributed by atoms with Crippen molar-refractivity contribution in [2.24, 2.45) is 0 Å². The van der Waals surface area contributed by atoms with Gasteiger partial charge in [0.05, 0.1) is 7.11 Å². The lowest BCUT2D eigenvalue weighted by Crippen LogP contribution is -2.43. The quantitative estimate of drug-likeness (QED) is 0.842. The molecule has 1 aliphatic rings. The molecule has 1 aromatic rings. The van der Waals surface area contributed by atoms with Gasteiger partial charge in [-0.25, -0.2) is 9.78 Å². The van der Waals surface area contributed by atoms with Crippen molar-refractivity contribution in [1.82, 2.24) is 15.3 Å². The van der Waals surface area contributed by atoms with Gasteiger partial charge >= 0.3 is 5.97 Å². The smallest absolute Gasteiger partial charge is 0.376 e. The fourth-order valence-corrected chi connectivity index (χ4v) is 2.51. The number of hydrogen-bond donors (Lipinski definition) is 1. The van der Waals surface area contributed by atoms with Gasteiger partial charge in [0.25, 0.3) is 0 Å². The van der Waals surface area contributed by atoms with Crippen LogP contribution in [0.2, 0.25) is 0 Å². The molecule has 0 aromatic carbocycles. The second kappa shape index (κ2) is 6.65. The average Bonchev–Trinajstić information content (AvgIpc) is 2.46. The van der Waals surface area contributed by atoms with E-state index < -0.39 is 5.97 Å². The number of nitrogens with one attached hydrogen (secondary N) is 1. The summed E-state index contributed by atoms with van der Waals surface area (Å²) in [6, 6.07) is 2.06. The lowest BCUT2D eigenvalue weighted by atomic mass is 9.92. The molecule has 1 aromatic heterocycles. The SMILES string of the molecule is CNC1CCCCC1Oc1cc(C)nc(C(=O)OC)n1. The molecule has 0 radical (unpaired) electrons. The Bertz CT molecular complexity index is 479. The number of rotatable bonds is 4. The molecule has 0 aliphatic heterocycles. The summed E-state index contributed by atoms with van der Waals surface area (Å²) >= 11 is 0. The summed E-state index contributed by atoms with van der Waals surface area (Å²) < 4.78 is 10.6. The molecular formula is C14H21N3O3. The van der Waals surface area contributed by atoms with Crippen LogP contribution in [0.25, 0.3) is 0 Å². The largest absolute Gasteiger partial charge is 0.473 e. The first-order valence-electron chi connectivity index (χ1n) is 6.92. The molecule has 0 bridgehead atoms. The number of methoxy groups -OCH3 is 1. The molecule has 0 saturated heterocycles. The Kier molecular flexibility index (Phi) is 4.89. The monoisotopic (exact) mass is 279 g/mol. The van der Waals surface area contributed by atoms with Crippen molar-refractivity contribution >= 4 is 5.97 Å². The zero-order valence-electron chi connectivity index (χ0n) is 12.2. The van der Waals surface area contributed by atoms with Crippen LogP contribution in [0.4, 0.5) is 0 Å². The minimum atomic E-state index is -0.549. The van der Waals surface area contributed by atoms with Gasteiger partial charge in [0.2, 0.25) is 11.7 Å². The summed E-state index contributed by atoms with van der Waals surface area (Å²) in [6.07, 6.45) is 4.52. The van der Waals surface area contributed by atoms with Crippen LogP contribution in [-0.4, -0.2) is 42.2 Å². The van der Waals surface area contributed by atoms with Crippen molar-refractivity contribution < 1.29 is 14.3 Å². The first-order chi connectivity index (χ1) is 9.63. The van der Waals surface area contributed by atoms with Gasteiger partial charge in [-0.15, -0.1) is 0 Å². The minimum Gasteiger partial charge on any atom is -0.473 e. The van der Waals surface area contributed by atoms with E-state index in [1.165, 1.54) is 13.5 Å². The summed E-state index contributed by atoms with van der Waals surface area (Å²) in [5, 5.41) is 3.28.